The first-order valence-electron chi connectivity index (χ1n) is 3.55. The Morgan fingerprint density at radius 3 is 2.08 bits per heavy atom. The fourth-order valence-corrected chi connectivity index (χ4v) is 0.793. The van der Waals surface area contributed by atoms with Crippen LogP contribution in [-0.2, 0) is 4.79 Å². The molecule has 0 aromatic heterocycles. The van der Waals surface area contributed by atoms with Crippen LogP contribution in [0.25, 0.3) is 0 Å². The molecule has 0 aliphatic carbocycles. The van der Waals surface area contributed by atoms with E-state index in [1.54, 1.807) is 19.1 Å². The maximum atomic E-state index is 10.7. The van der Waals surface area contributed by atoms with Crippen LogP contribution in [0, 0.1) is 34.0 Å². The molecule has 0 saturated heterocycles. The number of nitrogens with zero attached hydrogens (tertiary/aromatic N) is 2. The van der Waals surface area contributed by atoms with Gasteiger partial charge in [-0.1, -0.05) is 6.92 Å². The lowest BCUT2D eigenvalue weighted by Crippen LogP contribution is -2.33. The minimum atomic E-state index is -1.25. The van der Waals surface area contributed by atoms with Gasteiger partial charge in [0.25, 0.3) is 0 Å². The third-order valence-corrected chi connectivity index (χ3v) is 2.12. The first kappa shape index (κ1) is 10.4. The molecule has 0 amide bonds. The molecule has 0 bridgehead atoms. The van der Waals surface area contributed by atoms with Crippen LogP contribution in [0.5, 0.6) is 0 Å². The van der Waals surface area contributed by atoms with Gasteiger partial charge >= 0.3 is 5.97 Å². The number of hydrogen-bond donors (Lipinski definition) is 1. The first-order valence-corrected chi connectivity index (χ1v) is 3.55. The van der Waals surface area contributed by atoms with Gasteiger partial charge in [0, 0.05) is 0 Å². The average molecular weight is 166 g/mol. The summed E-state index contributed by atoms with van der Waals surface area (Å²) in [5.41, 5.74) is -1.25. The van der Waals surface area contributed by atoms with E-state index in [0.29, 0.717) is 0 Å². The van der Waals surface area contributed by atoms with Crippen LogP contribution in [0.3, 0.4) is 0 Å². The highest BCUT2D eigenvalue weighted by Gasteiger charge is 2.40. The monoisotopic (exact) mass is 166 g/mol. The zero-order valence-electron chi connectivity index (χ0n) is 7.03. The van der Waals surface area contributed by atoms with Crippen molar-refractivity contribution in [1.82, 2.24) is 0 Å². The Morgan fingerprint density at radius 1 is 1.58 bits per heavy atom. The highest BCUT2D eigenvalue weighted by molar-refractivity contribution is 5.75. The quantitative estimate of drug-likeness (QED) is 0.681. The Morgan fingerprint density at radius 2 is 2.00 bits per heavy atom. The van der Waals surface area contributed by atoms with Gasteiger partial charge in [0.2, 0.25) is 0 Å². The van der Waals surface area contributed by atoms with Crippen molar-refractivity contribution in [3.8, 4) is 12.1 Å². The van der Waals surface area contributed by atoms with Crippen molar-refractivity contribution in [2.75, 3.05) is 0 Å². The SMILES string of the molecule is CCC(C)(C(=O)O)C(C#N)C#N. The van der Waals surface area contributed by atoms with Gasteiger partial charge in [-0.05, 0) is 13.3 Å². The molecule has 0 rings (SSSR count). The van der Waals surface area contributed by atoms with E-state index in [1.165, 1.54) is 6.92 Å². The van der Waals surface area contributed by atoms with E-state index >= 15 is 0 Å². The van der Waals surface area contributed by atoms with E-state index in [1.807, 2.05) is 0 Å². The lowest BCUT2D eigenvalue weighted by molar-refractivity contribution is -0.149. The maximum absolute atomic E-state index is 10.7. The highest BCUT2D eigenvalue weighted by Crippen LogP contribution is 2.30. The average Bonchev–Trinajstić information content (AvgIpc) is 2.05. The Balaban J connectivity index is 4.91. The van der Waals surface area contributed by atoms with Crippen LogP contribution in [-0.4, -0.2) is 11.1 Å². The summed E-state index contributed by atoms with van der Waals surface area (Å²) in [4.78, 5) is 10.7. The van der Waals surface area contributed by atoms with Crippen molar-refractivity contribution >= 4 is 5.97 Å². The fourth-order valence-electron chi connectivity index (χ4n) is 0.793. The van der Waals surface area contributed by atoms with Gasteiger partial charge in [-0.2, -0.15) is 10.5 Å². The van der Waals surface area contributed by atoms with Gasteiger partial charge in [0.05, 0.1) is 17.6 Å². The molecule has 4 nitrogen and oxygen atoms in total. The van der Waals surface area contributed by atoms with Crippen molar-refractivity contribution < 1.29 is 9.90 Å². The van der Waals surface area contributed by atoms with Crippen molar-refractivity contribution in [3.63, 3.8) is 0 Å². The zero-order valence-corrected chi connectivity index (χ0v) is 7.03. The maximum Gasteiger partial charge on any atom is 0.311 e. The summed E-state index contributed by atoms with van der Waals surface area (Å²) in [5.74, 6) is -2.18. The van der Waals surface area contributed by atoms with Gasteiger partial charge in [0.1, 0.15) is 5.92 Å². The Bertz CT molecular complexity index is 247. The smallest absolute Gasteiger partial charge is 0.311 e. The third-order valence-electron chi connectivity index (χ3n) is 2.12. The van der Waals surface area contributed by atoms with Gasteiger partial charge in [-0.3, -0.25) is 4.79 Å². The second kappa shape index (κ2) is 3.73. The molecule has 0 aromatic carbocycles. The Hall–Kier alpha value is -1.55. The number of carbonyl (C=O) groups is 1. The van der Waals surface area contributed by atoms with E-state index in [2.05, 4.69) is 0 Å². The van der Waals surface area contributed by atoms with Crippen LogP contribution in [0.1, 0.15) is 20.3 Å². The van der Waals surface area contributed by atoms with Gasteiger partial charge in [0.15, 0.2) is 0 Å². The molecule has 0 aliphatic rings. The van der Waals surface area contributed by atoms with Crippen LogP contribution in [0.15, 0.2) is 0 Å². The van der Waals surface area contributed by atoms with Crippen molar-refractivity contribution in [2.45, 2.75) is 20.3 Å². The summed E-state index contributed by atoms with van der Waals surface area (Å²) >= 11 is 0. The molecule has 0 aliphatic heterocycles. The standard InChI is InChI=1S/C8H10N2O2/c1-3-8(2,7(11)12)6(4-9)5-10/h6H,3H2,1-2H3,(H,11,12). The molecule has 0 fully saturated rings. The van der Waals surface area contributed by atoms with Gasteiger partial charge < -0.3 is 5.11 Å². The number of rotatable bonds is 3. The largest absolute Gasteiger partial charge is 0.481 e. The Kier molecular flexibility index (Phi) is 3.25. The predicted molar refractivity (Wildman–Crippen MR) is 40.7 cm³/mol. The van der Waals surface area contributed by atoms with Gasteiger partial charge in [-0.15, -0.1) is 0 Å². The molecule has 0 radical (unpaired) electrons. The molecule has 1 unspecified atom stereocenters. The molecule has 64 valence electrons. The molecule has 0 saturated carbocycles. The number of aliphatic carboxylic acids is 1. The van der Waals surface area contributed by atoms with Crippen LogP contribution < -0.4 is 0 Å². The Labute approximate surface area is 71.0 Å². The van der Waals surface area contributed by atoms with Crippen LogP contribution in [0.2, 0.25) is 0 Å². The molecule has 4 heteroatoms. The minimum Gasteiger partial charge on any atom is -0.481 e. The zero-order chi connectivity index (χ0) is 9.78. The van der Waals surface area contributed by atoms with E-state index < -0.39 is 17.3 Å². The van der Waals surface area contributed by atoms with Crippen LogP contribution in [0.4, 0.5) is 0 Å². The van der Waals surface area contributed by atoms with Crippen molar-refractivity contribution in [2.24, 2.45) is 11.3 Å². The van der Waals surface area contributed by atoms with E-state index in [-0.39, 0.29) is 6.42 Å². The molecule has 12 heavy (non-hydrogen) atoms. The topological polar surface area (TPSA) is 84.9 Å². The van der Waals surface area contributed by atoms with E-state index in [9.17, 15) is 4.79 Å². The van der Waals surface area contributed by atoms with Crippen molar-refractivity contribution in [1.29, 1.82) is 10.5 Å². The van der Waals surface area contributed by atoms with E-state index in [0.717, 1.165) is 0 Å². The molecule has 0 aromatic rings. The molecule has 0 heterocycles. The molecule has 0 spiro atoms. The molecular formula is C8H10N2O2. The van der Waals surface area contributed by atoms with Crippen molar-refractivity contribution in [3.05, 3.63) is 0 Å². The first-order chi connectivity index (χ1) is 5.52. The lowest BCUT2D eigenvalue weighted by Gasteiger charge is -2.22. The number of carboxylic acid groups (broad SMARTS) is 1. The second-order valence-corrected chi connectivity index (χ2v) is 2.77. The summed E-state index contributed by atoms with van der Waals surface area (Å²) in [5, 5.41) is 25.8. The molecular weight excluding hydrogens is 156 g/mol. The van der Waals surface area contributed by atoms with E-state index in [4.69, 9.17) is 15.6 Å². The predicted octanol–water partition coefficient (Wildman–Crippen LogP) is 1.15. The summed E-state index contributed by atoms with van der Waals surface area (Å²) < 4.78 is 0. The van der Waals surface area contributed by atoms with Gasteiger partial charge in [-0.25, -0.2) is 0 Å². The third kappa shape index (κ3) is 1.54. The second-order valence-electron chi connectivity index (χ2n) is 2.77. The number of nitriles is 2. The summed E-state index contributed by atoms with van der Waals surface area (Å²) in [6.45, 7) is 3.06. The normalized spacial score (nSPS) is 14.4. The summed E-state index contributed by atoms with van der Waals surface area (Å²) in [7, 11) is 0. The number of carboxylic acids is 1. The fraction of sp³-hybridized carbons (Fsp3) is 0.625. The summed E-state index contributed by atoms with van der Waals surface area (Å²) in [6, 6.07) is 3.37. The molecule has 1 atom stereocenters. The molecule has 1 N–H and O–H groups in total. The van der Waals surface area contributed by atoms with Crippen LogP contribution >= 0.6 is 0 Å². The highest BCUT2D eigenvalue weighted by atomic mass is 16.4. The lowest BCUT2D eigenvalue weighted by atomic mass is 9.76. The summed E-state index contributed by atoms with van der Waals surface area (Å²) in [6.07, 6.45) is 0.272. The minimum absolute atomic E-state index is 0.272. The number of hydrogen-bond acceptors (Lipinski definition) is 3.